The van der Waals surface area contributed by atoms with Crippen LogP contribution in [0.3, 0.4) is 0 Å². The molecule has 1 amide bonds. The summed E-state index contributed by atoms with van der Waals surface area (Å²) in [5.41, 5.74) is 6.66. The molecule has 1 fully saturated rings. The number of hydrogen-bond acceptors (Lipinski definition) is 4. The van der Waals surface area contributed by atoms with Gasteiger partial charge in [-0.25, -0.2) is 4.98 Å². The molecule has 6 nitrogen and oxygen atoms in total. The van der Waals surface area contributed by atoms with E-state index in [0.717, 1.165) is 28.7 Å². The zero-order valence-electron chi connectivity index (χ0n) is 19.7. The summed E-state index contributed by atoms with van der Waals surface area (Å²) in [6.45, 7) is 12.6. The van der Waals surface area contributed by atoms with E-state index in [0.29, 0.717) is 31.7 Å². The summed E-state index contributed by atoms with van der Waals surface area (Å²) in [4.78, 5) is 34.6. The molecule has 3 aromatic rings. The Morgan fingerprint density at radius 3 is 2.53 bits per heavy atom. The van der Waals surface area contributed by atoms with E-state index >= 15 is 0 Å². The number of carbonyl (C=O) groups excluding carboxylic acids is 1. The highest BCUT2D eigenvalue weighted by molar-refractivity contribution is 5.79. The normalized spacial score (nSPS) is 16.6. The van der Waals surface area contributed by atoms with Crippen LogP contribution in [0.25, 0.3) is 11.0 Å². The number of aromatic nitrogens is 2. The van der Waals surface area contributed by atoms with Crippen LogP contribution < -0.4 is 10.5 Å². The van der Waals surface area contributed by atoms with Crippen molar-refractivity contribution in [3.8, 4) is 0 Å². The molecule has 32 heavy (non-hydrogen) atoms. The number of amides is 1. The highest BCUT2D eigenvalue weighted by Crippen LogP contribution is 2.22. The van der Waals surface area contributed by atoms with Crippen molar-refractivity contribution >= 4 is 22.6 Å². The molecular formula is C26H32N4O2. The molecule has 4 rings (SSSR count). The predicted octanol–water partition coefficient (Wildman–Crippen LogP) is 3.76. The Balaban J connectivity index is 1.48. The van der Waals surface area contributed by atoms with E-state index in [2.05, 4.69) is 48.0 Å². The minimum Gasteiger partial charge on any atom is -0.365 e. The Hall–Kier alpha value is -3.15. The number of carbonyl (C=O) groups is 1. The number of aryl methyl sites for hydroxylation is 5. The zero-order valence-corrected chi connectivity index (χ0v) is 19.7. The van der Waals surface area contributed by atoms with Crippen molar-refractivity contribution in [2.24, 2.45) is 0 Å². The quantitative estimate of drug-likeness (QED) is 0.630. The second kappa shape index (κ2) is 8.77. The van der Waals surface area contributed by atoms with Crippen molar-refractivity contribution < 1.29 is 4.79 Å². The third-order valence-corrected chi connectivity index (χ3v) is 6.59. The SMILES string of the molecule is Cc1cccc(N2CCN(C(=O)CCn3c(=O)c(C)nc4cc(C)c(C)cc43)C[C@H]2C)c1. The van der Waals surface area contributed by atoms with Crippen molar-refractivity contribution in [1.82, 2.24) is 14.5 Å². The van der Waals surface area contributed by atoms with Gasteiger partial charge in [-0.05, 0) is 75.6 Å². The minimum atomic E-state index is -0.119. The molecule has 2 heterocycles. The maximum absolute atomic E-state index is 13.0. The highest BCUT2D eigenvalue weighted by Gasteiger charge is 2.27. The van der Waals surface area contributed by atoms with Gasteiger partial charge < -0.3 is 14.4 Å². The van der Waals surface area contributed by atoms with E-state index in [1.807, 2.05) is 30.9 Å². The molecule has 0 spiro atoms. The number of rotatable bonds is 4. The third-order valence-electron chi connectivity index (χ3n) is 6.59. The standard InChI is InChI=1S/C26H32N4O2/c1-17-7-6-8-22(13-17)29-12-11-28(16-20(29)4)25(31)9-10-30-24-15-19(3)18(2)14-23(24)27-21(5)26(30)32/h6-8,13-15,20H,9-12,16H2,1-5H3/t20-/m1/s1. The van der Waals surface area contributed by atoms with Crippen LogP contribution in [0, 0.1) is 27.7 Å². The van der Waals surface area contributed by atoms with Crippen molar-refractivity contribution in [3.05, 3.63) is 69.1 Å². The van der Waals surface area contributed by atoms with Crippen LogP contribution in [0.2, 0.25) is 0 Å². The van der Waals surface area contributed by atoms with E-state index in [1.54, 1.807) is 11.5 Å². The van der Waals surface area contributed by atoms with Gasteiger partial charge in [0.15, 0.2) is 0 Å². The lowest BCUT2D eigenvalue weighted by Crippen LogP contribution is -2.54. The van der Waals surface area contributed by atoms with Gasteiger partial charge in [-0.1, -0.05) is 12.1 Å². The van der Waals surface area contributed by atoms with Gasteiger partial charge in [0.1, 0.15) is 5.69 Å². The molecule has 168 valence electrons. The number of fused-ring (bicyclic) bond motifs is 1. The van der Waals surface area contributed by atoms with Gasteiger partial charge in [0.05, 0.1) is 11.0 Å². The molecule has 6 heteroatoms. The summed E-state index contributed by atoms with van der Waals surface area (Å²) in [6.07, 6.45) is 0.308. The maximum Gasteiger partial charge on any atom is 0.272 e. The molecule has 0 unspecified atom stereocenters. The maximum atomic E-state index is 13.0. The van der Waals surface area contributed by atoms with Gasteiger partial charge >= 0.3 is 0 Å². The van der Waals surface area contributed by atoms with Gasteiger partial charge in [0, 0.05) is 44.3 Å². The molecule has 0 N–H and O–H groups in total. The van der Waals surface area contributed by atoms with Gasteiger partial charge in [-0.15, -0.1) is 0 Å². The molecule has 1 saturated heterocycles. The lowest BCUT2D eigenvalue weighted by molar-refractivity contribution is -0.132. The predicted molar refractivity (Wildman–Crippen MR) is 129 cm³/mol. The molecule has 1 aliphatic rings. The monoisotopic (exact) mass is 432 g/mol. The summed E-state index contributed by atoms with van der Waals surface area (Å²) in [7, 11) is 0. The lowest BCUT2D eigenvalue weighted by atomic mass is 10.1. The van der Waals surface area contributed by atoms with Gasteiger partial charge in [0.25, 0.3) is 5.56 Å². The first kappa shape index (κ1) is 22.1. The average Bonchev–Trinajstić information content (AvgIpc) is 2.75. The fourth-order valence-corrected chi connectivity index (χ4v) is 4.59. The van der Waals surface area contributed by atoms with Crippen LogP contribution in [0.15, 0.2) is 41.2 Å². The molecule has 1 aromatic heterocycles. The number of piperazine rings is 1. The van der Waals surface area contributed by atoms with E-state index in [-0.39, 0.29) is 17.5 Å². The Morgan fingerprint density at radius 1 is 1.06 bits per heavy atom. The van der Waals surface area contributed by atoms with Gasteiger partial charge in [-0.2, -0.15) is 0 Å². The van der Waals surface area contributed by atoms with Crippen LogP contribution in [-0.4, -0.2) is 46.0 Å². The number of hydrogen-bond donors (Lipinski definition) is 0. The van der Waals surface area contributed by atoms with Gasteiger partial charge in [-0.3, -0.25) is 9.59 Å². The zero-order chi connectivity index (χ0) is 23.0. The molecule has 0 saturated carbocycles. The summed E-state index contributed by atoms with van der Waals surface area (Å²) in [5.74, 6) is 0.0964. The second-order valence-electron chi connectivity index (χ2n) is 9.05. The largest absolute Gasteiger partial charge is 0.365 e. The first-order chi connectivity index (χ1) is 15.2. The first-order valence-corrected chi connectivity index (χ1v) is 11.3. The van der Waals surface area contributed by atoms with Crippen LogP contribution in [0.1, 0.15) is 35.7 Å². The van der Waals surface area contributed by atoms with Gasteiger partial charge in [0.2, 0.25) is 5.91 Å². The molecule has 0 radical (unpaired) electrons. The molecule has 0 bridgehead atoms. The van der Waals surface area contributed by atoms with E-state index in [1.165, 1.54) is 11.3 Å². The fraction of sp³-hybridized carbons (Fsp3) is 0.423. The van der Waals surface area contributed by atoms with Crippen molar-refractivity contribution in [3.63, 3.8) is 0 Å². The van der Waals surface area contributed by atoms with Crippen molar-refractivity contribution in [2.45, 2.75) is 53.6 Å². The van der Waals surface area contributed by atoms with E-state index in [4.69, 9.17) is 0 Å². The Morgan fingerprint density at radius 2 is 1.81 bits per heavy atom. The first-order valence-electron chi connectivity index (χ1n) is 11.3. The number of anilines is 1. The van der Waals surface area contributed by atoms with E-state index in [9.17, 15) is 9.59 Å². The molecule has 1 aliphatic heterocycles. The van der Waals surface area contributed by atoms with Crippen molar-refractivity contribution in [2.75, 3.05) is 24.5 Å². The lowest BCUT2D eigenvalue weighted by Gasteiger charge is -2.41. The molecule has 0 aliphatic carbocycles. The Bertz CT molecular complexity index is 1230. The van der Waals surface area contributed by atoms with Crippen LogP contribution >= 0.6 is 0 Å². The summed E-state index contributed by atoms with van der Waals surface area (Å²) in [6, 6.07) is 12.8. The second-order valence-corrected chi connectivity index (χ2v) is 9.05. The smallest absolute Gasteiger partial charge is 0.272 e. The number of benzene rings is 2. The molecule has 2 aromatic carbocycles. The van der Waals surface area contributed by atoms with Crippen LogP contribution in [0.4, 0.5) is 5.69 Å². The summed E-state index contributed by atoms with van der Waals surface area (Å²) >= 11 is 0. The van der Waals surface area contributed by atoms with Crippen molar-refractivity contribution in [1.29, 1.82) is 0 Å². The highest BCUT2D eigenvalue weighted by atomic mass is 16.2. The fourth-order valence-electron chi connectivity index (χ4n) is 4.59. The third kappa shape index (κ3) is 4.27. The molecular weight excluding hydrogens is 400 g/mol. The average molecular weight is 433 g/mol. The number of nitrogens with zero attached hydrogens (tertiary/aromatic N) is 4. The van der Waals surface area contributed by atoms with Crippen LogP contribution in [0.5, 0.6) is 0 Å². The summed E-state index contributed by atoms with van der Waals surface area (Å²) < 4.78 is 1.72. The topological polar surface area (TPSA) is 58.4 Å². The Labute approximate surface area is 189 Å². The van der Waals surface area contributed by atoms with E-state index < -0.39 is 0 Å². The Kier molecular flexibility index (Phi) is 6.04. The van der Waals surface area contributed by atoms with Crippen LogP contribution in [-0.2, 0) is 11.3 Å². The molecule has 1 atom stereocenters. The summed E-state index contributed by atoms with van der Waals surface area (Å²) in [5, 5.41) is 0. The minimum absolute atomic E-state index is 0.0964.